The van der Waals surface area contributed by atoms with Gasteiger partial charge in [0.2, 0.25) is 12.3 Å². The maximum atomic E-state index is 12.4. The number of carbonyl (C=O) groups is 2. The van der Waals surface area contributed by atoms with Gasteiger partial charge in [0.25, 0.3) is 0 Å². The fourth-order valence-electron chi connectivity index (χ4n) is 2.72. The Morgan fingerprint density at radius 3 is 2.25 bits per heavy atom. The largest absolute Gasteiger partial charge is 0.299 e. The van der Waals surface area contributed by atoms with E-state index in [0.717, 1.165) is 22.3 Å². The van der Waals surface area contributed by atoms with Crippen molar-refractivity contribution in [1.29, 1.82) is 0 Å². The van der Waals surface area contributed by atoms with Gasteiger partial charge in [-0.1, -0.05) is 25.1 Å². The molecule has 0 saturated carbocycles. The summed E-state index contributed by atoms with van der Waals surface area (Å²) < 4.78 is 1.87. The van der Waals surface area contributed by atoms with Crippen LogP contribution in [0.4, 0.5) is 0 Å². The predicted octanol–water partition coefficient (Wildman–Crippen LogP) is 2.92. The van der Waals surface area contributed by atoms with E-state index in [1.807, 2.05) is 68.1 Å². The number of aryl methyl sites for hydroxylation is 2. The number of aromatic nitrogens is 1. The third-order valence-corrected chi connectivity index (χ3v) is 4.09. The van der Waals surface area contributed by atoms with E-state index in [-0.39, 0.29) is 44.3 Å². The molecule has 0 fully saturated rings. The zero-order valence-electron chi connectivity index (χ0n) is 14.7. The number of Topliss-reactive ketones (excluding diaryl/α,β-unsaturated/α-hetero) is 2. The number of rotatable bonds is 7. The van der Waals surface area contributed by atoms with Crippen molar-refractivity contribution in [3.63, 3.8) is 0 Å². The van der Waals surface area contributed by atoms with Gasteiger partial charge in [-0.25, -0.2) is 0 Å². The second-order valence-corrected chi connectivity index (χ2v) is 6.04. The number of carbonyl (C=O) groups excluding carboxylic acids is 2. The Kier molecular flexibility index (Phi) is 8.65. The van der Waals surface area contributed by atoms with E-state index in [1.165, 1.54) is 0 Å². The molecule has 0 aliphatic heterocycles. The first-order valence-electron chi connectivity index (χ1n) is 8.06. The molecule has 0 bridgehead atoms. The molecule has 2 rings (SSSR count). The molecule has 0 aliphatic rings. The summed E-state index contributed by atoms with van der Waals surface area (Å²) in [6.45, 7) is 6.29. The van der Waals surface area contributed by atoms with Crippen LogP contribution in [-0.2, 0) is 61.7 Å². The second-order valence-electron chi connectivity index (χ2n) is 6.04. The molecule has 0 amide bonds. The molecule has 1 heterocycles. The van der Waals surface area contributed by atoms with Crippen LogP contribution in [0.3, 0.4) is 0 Å². The molecule has 0 N–H and O–H groups in total. The number of pyridine rings is 1. The van der Waals surface area contributed by atoms with Crippen LogP contribution in [0.2, 0.25) is 0 Å². The van der Waals surface area contributed by atoms with Crippen LogP contribution >= 0.6 is 0 Å². The molecule has 1 radical (unpaired) electrons. The normalized spacial score (nSPS) is 10.1. The molecule has 1 aromatic carbocycles. The molecule has 0 unspecified atom stereocenters. The minimum Gasteiger partial charge on any atom is -0.299 e. The Bertz CT molecular complexity index is 705. The summed E-state index contributed by atoms with van der Waals surface area (Å²) in [5.41, 5.74) is 4.39. The van der Waals surface area contributed by atoms with Gasteiger partial charge in [-0.05, 0) is 36.6 Å². The van der Waals surface area contributed by atoms with E-state index >= 15 is 0 Å². The van der Waals surface area contributed by atoms with Gasteiger partial charge in [0.05, 0.1) is 0 Å². The Labute approximate surface area is 169 Å². The van der Waals surface area contributed by atoms with Crippen molar-refractivity contribution in [3.8, 4) is 0 Å². The summed E-state index contributed by atoms with van der Waals surface area (Å²) in [5, 5.41) is 0. The summed E-state index contributed by atoms with van der Waals surface area (Å²) in [6.07, 6.45) is 5.20. The zero-order chi connectivity index (χ0) is 16.8. The van der Waals surface area contributed by atoms with Crippen LogP contribution < -0.4 is 4.57 Å². The smallest absolute Gasteiger partial charge is 0.206 e. The molecule has 3 nitrogen and oxygen atoms in total. The van der Waals surface area contributed by atoms with Crippen molar-refractivity contribution < 1.29 is 46.9 Å². The van der Waals surface area contributed by atoms with Gasteiger partial charge in [-0.2, -0.15) is 4.57 Å². The molecule has 0 saturated heterocycles. The first-order valence-corrected chi connectivity index (χ1v) is 8.06. The number of nitrogens with zero attached hydrogens (tertiary/aromatic N) is 1. The fraction of sp³-hybridized carbons (Fsp3) is 0.350. The van der Waals surface area contributed by atoms with E-state index in [1.54, 1.807) is 0 Å². The van der Waals surface area contributed by atoms with Crippen LogP contribution in [0, 0.1) is 13.8 Å². The summed E-state index contributed by atoms with van der Waals surface area (Å²) in [7, 11) is 0. The predicted molar refractivity (Wildman–Crippen MR) is 90.3 cm³/mol. The van der Waals surface area contributed by atoms with Crippen LogP contribution in [0.5, 0.6) is 0 Å². The van der Waals surface area contributed by atoms with Crippen molar-refractivity contribution in [1.82, 2.24) is 0 Å². The van der Waals surface area contributed by atoms with Gasteiger partial charge >= 0.3 is 0 Å². The number of ketones is 2. The summed E-state index contributed by atoms with van der Waals surface area (Å²) in [4.78, 5) is 23.9. The van der Waals surface area contributed by atoms with Crippen molar-refractivity contribution >= 4 is 11.6 Å². The van der Waals surface area contributed by atoms with E-state index in [2.05, 4.69) is 0 Å². The fourth-order valence-corrected chi connectivity index (χ4v) is 2.72. The molecular weight excluding hydrogens is 375 g/mol. The minimum atomic E-state index is 0. The standard InChI is InChI=1S/C20H24NO2.Y/c1-4-18(22)11-17-9-6-10-21(13-17)14-19(23)12-20-15(2)7-5-8-16(20)3;/h5-10,13H,4,11-12,14H2,1-3H3;/q+1;. The van der Waals surface area contributed by atoms with Crippen molar-refractivity contribution in [2.45, 2.75) is 46.6 Å². The van der Waals surface area contributed by atoms with Crippen LogP contribution in [-0.4, -0.2) is 11.6 Å². The summed E-state index contributed by atoms with van der Waals surface area (Å²) in [6, 6.07) is 9.92. The van der Waals surface area contributed by atoms with Gasteiger partial charge < -0.3 is 0 Å². The van der Waals surface area contributed by atoms with Gasteiger partial charge in [-0.15, -0.1) is 0 Å². The molecule has 123 valence electrons. The van der Waals surface area contributed by atoms with Crippen molar-refractivity contribution in [2.75, 3.05) is 0 Å². The second kappa shape index (κ2) is 9.95. The van der Waals surface area contributed by atoms with Crippen LogP contribution in [0.1, 0.15) is 35.6 Å². The van der Waals surface area contributed by atoms with Crippen molar-refractivity contribution in [2.24, 2.45) is 0 Å². The summed E-state index contributed by atoms with van der Waals surface area (Å²) >= 11 is 0. The van der Waals surface area contributed by atoms with Crippen LogP contribution in [0.25, 0.3) is 0 Å². The van der Waals surface area contributed by atoms with E-state index in [4.69, 9.17) is 0 Å². The third kappa shape index (κ3) is 6.03. The van der Waals surface area contributed by atoms with Crippen LogP contribution in [0.15, 0.2) is 42.7 Å². The Morgan fingerprint density at radius 2 is 1.62 bits per heavy atom. The first kappa shape index (κ1) is 20.9. The molecule has 24 heavy (non-hydrogen) atoms. The number of hydrogen-bond donors (Lipinski definition) is 0. The average molecular weight is 399 g/mol. The molecular formula is C20H24NO2Y+. The molecule has 0 aliphatic carbocycles. The average Bonchev–Trinajstić information content (AvgIpc) is 2.51. The van der Waals surface area contributed by atoms with Gasteiger partial charge in [0, 0.05) is 63.6 Å². The maximum Gasteiger partial charge on any atom is 0.206 e. The Hall–Kier alpha value is -1.19. The topological polar surface area (TPSA) is 38.0 Å². The molecule has 4 heteroatoms. The Morgan fingerprint density at radius 1 is 0.958 bits per heavy atom. The van der Waals surface area contributed by atoms with Gasteiger partial charge in [-0.3, -0.25) is 9.59 Å². The third-order valence-electron chi connectivity index (χ3n) is 4.09. The molecule has 0 atom stereocenters. The monoisotopic (exact) mass is 399 g/mol. The Balaban J connectivity index is 0.00000288. The van der Waals surface area contributed by atoms with E-state index in [9.17, 15) is 9.59 Å². The molecule has 1 aromatic heterocycles. The van der Waals surface area contributed by atoms with Gasteiger partial charge in [0.1, 0.15) is 5.78 Å². The minimum absolute atomic E-state index is 0. The number of benzene rings is 1. The zero-order valence-corrected chi connectivity index (χ0v) is 17.5. The maximum absolute atomic E-state index is 12.4. The first-order chi connectivity index (χ1) is 11.0. The quantitative estimate of drug-likeness (QED) is 0.672. The SMILES string of the molecule is CCC(=O)Cc1ccc[n+](CC(=O)Cc2c(C)cccc2C)c1.[Y]. The van der Waals surface area contributed by atoms with Gasteiger partial charge in [0.15, 0.2) is 12.4 Å². The van der Waals surface area contributed by atoms with Crippen molar-refractivity contribution in [3.05, 3.63) is 65.0 Å². The molecule has 0 spiro atoms. The summed E-state index contributed by atoms with van der Waals surface area (Å²) in [5.74, 6) is 0.385. The number of hydrogen-bond acceptors (Lipinski definition) is 2. The van der Waals surface area contributed by atoms with E-state index < -0.39 is 0 Å². The van der Waals surface area contributed by atoms with E-state index in [0.29, 0.717) is 25.8 Å². The molecule has 2 aromatic rings.